The van der Waals surface area contributed by atoms with Crippen molar-refractivity contribution < 1.29 is 33.3 Å². The van der Waals surface area contributed by atoms with Crippen molar-refractivity contribution in [3.63, 3.8) is 0 Å². The Morgan fingerprint density at radius 1 is 0.649 bits per heavy atom. The van der Waals surface area contributed by atoms with E-state index in [0.717, 1.165) is 33.7 Å². The summed E-state index contributed by atoms with van der Waals surface area (Å²) < 4.78 is 28.9. The van der Waals surface area contributed by atoms with Crippen molar-refractivity contribution in [3.8, 4) is 28.7 Å². The first-order valence-electron chi connectivity index (χ1n) is 19.1. The lowest BCUT2D eigenvalue weighted by Gasteiger charge is -2.19. The zero-order valence-corrected chi connectivity index (χ0v) is 32.7. The van der Waals surface area contributed by atoms with Crippen LogP contribution in [0.15, 0.2) is 95.2 Å². The molecule has 1 N–H and O–H groups in total. The first kappa shape index (κ1) is 37.4. The fourth-order valence-corrected chi connectivity index (χ4v) is 7.48. The third kappa shape index (κ3) is 7.54. The number of fused-ring (bicyclic) bond motifs is 4. The van der Waals surface area contributed by atoms with E-state index >= 15 is 0 Å². The van der Waals surface area contributed by atoms with E-state index in [4.69, 9.17) is 33.7 Å². The van der Waals surface area contributed by atoms with Crippen molar-refractivity contribution in [2.45, 2.75) is 51.2 Å². The minimum absolute atomic E-state index is 0.144. The third-order valence-electron chi connectivity index (χ3n) is 10.4. The molecule has 4 aliphatic rings. The number of carbonyl (C=O) groups excluding carboxylic acids is 2. The van der Waals surface area contributed by atoms with Crippen LogP contribution in [0.25, 0.3) is 11.1 Å². The maximum Gasteiger partial charge on any atom is 0.260 e. The molecule has 0 aromatic heterocycles. The average molecular weight is 768 g/mol. The van der Waals surface area contributed by atoms with E-state index in [-0.39, 0.29) is 23.9 Å². The van der Waals surface area contributed by atoms with Gasteiger partial charge in [0.25, 0.3) is 11.8 Å². The zero-order chi connectivity index (χ0) is 39.6. The first-order valence-corrected chi connectivity index (χ1v) is 19.1. The molecule has 4 aliphatic heterocycles. The summed E-state index contributed by atoms with van der Waals surface area (Å²) >= 11 is 0. The standard InChI is InChI=1S/C45H45N5O7/c1-27(2)48-32-11-7-28(8-12-32)30-17-33-23-46-38-21-42(40(54-4)19-36(38)44(51)49(33)25-30)56-15-6-16-57-43-22-39-37(20-41(43)55-5)45(52)50-26-31(18-34(50)24-47-39)29-9-13-35(53-3)14-10-29/h7-14,19-27,33-34,48H,6,15-18H2,1-5H3. The molecule has 0 fully saturated rings. The maximum atomic E-state index is 13.8. The zero-order valence-electron chi connectivity index (χ0n) is 32.7. The predicted molar refractivity (Wildman–Crippen MR) is 221 cm³/mol. The Hall–Kier alpha value is -6.56. The summed E-state index contributed by atoms with van der Waals surface area (Å²) in [5.41, 5.74) is 7.22. The SMILES string of the molecule is COc1ccc(C2=CN3C(=O)c4cc(OC)c(OCCCOc5cc6c(cc5OC)C(=O)N5C=C(c7ccc(NC(C)C)cc7)CC5C=N6)cc4N=CC3C2)cc1. The number of hydrogen-bond donors (Lipinski definition) is 1. The van der Waals surface area contributed by atoms with Crippen molar-refractivity contribution in [3.05, 3.63) is 107 Å². The Morgan fingerprint density at radius 2 is 1.12 bits per heavy atom. The molecule has 4 heterocycles. The number of nitrogens with zero attached hydrogens (tertiary/aromatic N) is 4. The van der Waals surface area contributed by atoms with E-state index in [9.17, 15) is 9.59 Å². The van der Waals surface area contributed by atoms with Gasteiger partial charge in [0.1, 0.15) is 5.75 Å². The molecule has 57 heavy (non-hydrogen) atoms. The van der Waals surface area contributed by atoms with Gasteiger partial charge in [0.2, 0.25) is 0 Å². The van der Waals surface area contributed by atoms with E-state index in [0.29, 0.717) is 84.0 Å². The number of methoxy groups -OCH3 is 3. The van der Waals surface area contributed by atoms with Gasteiger partial charge in [-0.25, -0.2) is 0 Å². The molecular formula is C45H45N5O7. The van der Waals surface area contributed by atoms with Gasteiger partial charge in [0.05, 0.1) is 69.1 Å². The van der Waals surface area contributed by atoms with E-state index in [2.05, 4.69) is 43.4 Å². The quantitative estimate of drug-likeness (QED) is 0.135. The normalized spacial score (nSPS) is 17.9. The van der Waals surface area contributed by atoms with Crippen LogP contribution in [-0.2, 0) is 0 Å². The number of benzene rings is 4. The average Bonchev–Trinajstić information content (AvgIpc) is 3.80. The monoisotopic (exact) mass is 767 g/mol. The largest absolute Gasteiger partial charge is 0.497 e. The molecule has 2 amide bonds. The molecule has 0 spiro atoms. The minimum Gasteiger partial charge on any atom is -0.497 e. The van der Waals surface area contributed by atoms with Gasteiger partial charge in [-0.2, -0.15) is 0 Å². The summed E-state index contributed by atoms with van der Waals surface area (Å²) in [7, 11) is 4.73. The molecule has 0 aliphatic carbocycles. The summed E-state index contributed by atoms with van der Waals surface area (Å²) in [6.45, 7) is 4.83. The van der Waals surface area contributed by atoms with Crippen molar-refractivity contribution in [2.75, 3.05) is 39.9 Å². The van der Waals surface area contributed by atoms with Gasteiger partial charge in [0, 0.05) is 68.0 Å². The molecule has 0 saturated heterocycles. The molecule has 12 nitrogen and oxygen atoms in total. The highest BCUT2D eigenvalue weighted by atomic mass is 16.5. The van der Waals surface area contributed by atoms with Crippen LogP contribution in [0.1, 0.15) is 65.0 Å². The first-order chi connectivity index (χ1) is 27.7. The highest BCUT2D eigenvalue weighted by Gasteiger charge is 2.35. The van der Waals surface area contributed by atoms with Crippen LogP contribution < -0.4 is 29.0 Å². The Bertz CT molecular complexity index is 2310. The summed E-state index contributed by atoms with van der Waals surface area (Å²) in [5, 5.41) is 3.41. The van der Waals surface area contributed by atoms with Crippen LogP contribution in [0.5, 0.6) is 28.7 Å². The molecule has 2 unspecified atom stereocenters. The van der Waals surface area contributed by atoms with Crippen molar-refractivity contribution in [1.82, 2.24) is 9.80 Å². The highest BCUT2D eigenvalue weighted by molar-refractivity contribution is 6.06. The lowest BCUT2D eigenvalue weighted by Crippen LogP contribution is -2.32. The predicted octanol–water partition coefficient (Wildman–Crippen LogP) is 8.32. The number of hydrogen-bond acceptors (Lipinski definition) is 10. The van der Waals surface area contributed by atoms with Crippen LogP contribution in [0.2, 0.25) is 0 Å². The second-order valence-corrected chi connectivity index (χ2v) is 14.5. The van der Waals surface area contributed by atoms with E-state index in [1.165, 1.54) is 0 Å². The van der Waals surface area contributed by atoms with Crippen LogP contribution in [0.3, 0.4) is 0 Å². The Balaban J connectivity index is 0.898. The maximum absolute atomic E-state index is 13.8. The molecule has 0 bridgehead atoms. The third-order valence-corrected chi connectivity index (χ3v) is 10.4. The molecule has 0 radical (unpaired) electrons. The summed E-state index contributed by atoms with van der Waals surface area (Å²) in [4.78, 5) is 40.5. The Kier molecular flexibility index (Phi) is 10.4. The van der Waals surface area contributed by atoms with E-state index in [1.54, 1.807) is 55.4 Å². The molecule has 12 heteroatoms. The summed E-state index contributed by atoms with van der Waals surface area (Å²) in [6.07, 6.45) is 9.32. The Morgan fingerprint density at radius 3 is 1.56 bits per heavy atom. The molecule has 2 atom stereocenters. The topological polar surface area (TPSA) is 124 Å². The fourth-order valence-electron chi connectivity index (χ4n) is 7.48. The van der Waals surface area contributed by atoms with Gasteiger partial charge in [0.15, 0.2) is 23.0 Å². The minimum atomic E-state index is -0.203. The van der Waals surface area contributed by atoms with Gasteiger partial charge in [-0.05, 0) is 72.5 Å². The smallest absolute Gasteiger partial charge is 0.260 e. The molecule has 4 aromatic carbocycles. The van der Waals surface area contributed by atoms with Gasteiger partial charge < -0.3 is 38.8 Å². The fraction of sp³-hybridized carbons (Fsp3) is 0.289. The number of carbonyl (C=O) groups is 2. The highest BCUT2D eigenvalue weighted by Crippen LogP contribution is 2.42. The number of amides is 2. The summed E-state index contributed by atoms with van der Waals surface area (Å²) in [5.74, 6) is 2.31. The van der Waals surface area contributed by atoms with Gasteiger partial charge >= 0.3 is 0 Å². The lowest BCUT2D eigenvalue weighted by atomic mass is 10.0. The van der Waals surface area contributed by atoms with E-state index < -0.39 is 0 Å². The van der Waals surface area contributed by atoms with Crippen LogP contribution in [0.4, 0.5) is 17.1 Å². The van der Waals surface area contributed by atoms with E-state index in [1.807, 2.05) is 49.1 Å². The van der Waals surface area contributed by atoms with Crippen LogP contribution in [0, 0.1) is 0 Å². The van der Waals surface area contributed by atoms with Crippen molar-refractivity contribution in [1.29, 1.82) is 0 Å². The second-order valence-electron chi connectivity index (χ2n) is 14.5. The summed E-state index contributed by atoms with van der Waals surface area (Å²) in [6, 6.07) is 22.9. The number of nitrogens with one attached hydrogen (secondary N) is 1. The second kappa shape index (κ2) is 15.9. The van der Waals surface area contributed by atoms with Crippen molar-refractivity contribution >= 4 is 52.5 Å². The van der Waals surface area contributed by atoms with Crippen molar-refractivity contribution in [2.24, 2.45) is 9.98 Å². The number of anilines is 1. The van der Waals surface area contributed by atoms with Gasteiger partial charge in [-0.1, -0.05) is 24.3 Å². The molecule has 4 aromatic rings. The molecule has 8 rings (SSSR count). The van der Waals surface area contributed by atoms with Gasteiger partial charge in [-0.3, -0.25) is 19.6 Å². The molecular weight excluding hydrogens is 723 g/mol. The number of ether oxygens (including phenoxy) is 5. The van der Waals surface area contributed by atoms with Gasteiger partial charge in [-0.15, -0.1) is 0 Å². The van der Waals surface area contributed by atoms with Crippen LogP contribution >= 0.6 is 0 Å². The molecule has 292 valence electrons. The van der Waals surface area contributed by atoms with Crippen LogP contribution in [-0.4, -0.2) is 86.7 Å². The molecule has 0 saturated carbocycles. The number of rotatable bonds is 13. The Labute approximate surface area is 332 Å². The number of aliphatic imine (C=N–C) groups is 2. The lowest BCUT2D eigenvalue weighted by molar-refractivity contribution is 0.0809.